The Labute approximate surface area is 192 Å². The second-order valence-corrected chi connectivity index (χ2v) is 8.68. The molecular formula is C22H27ClN6O3. The third-order valence-electron chi connectivity index (χ3n) is 6.52. The van der Waals surface area contributed by atoms with Gasteiger partial charge in [-0.3, -0.25) is 14.9 Å². The summed E-state index contributed by atoms with van der Waals surface area (Å²) in [6, 6.07) is 6.25. The molecule has 9 nitrogen and oxygen atoms in total. The van der Waals surface area contributed by atoms with Gasteiger partial charge in [0.05, 0.1) is 18.2 Å². The Balaban J connectivity index is 0.00000245. The van der Waals surface area contributed by atoms with Gasteiger partial charge in [0, 0.05) is 75.2 Å². The molecule has 5 rings (SSSR count). The fourth-order valence-corrected chi connectivity index (χ4v) is 4.99. The molecule has 2 saturated heterocycles. The maximum absolute atomic E-state index is 11.4. The summed E-state index contributed by atoms with van der Waals surface area (Å²) in [6.07, 6.45) is 6.22. The summed E-state index contributed by atoms with van der Waals surface area (Å²) in [5.74, 6) is 0.903. The number of aryl methyl sites for hydroxylation is 1. The summed E-state index contributed by atoms with van der Waals surface area (Å²) in [5, 5.41) is 9.99. The number of hydrogen-bond donors (Lipinski definition) is 2. The predicted octanol–water partition coefficient (Wildman–Crippen LogP) is 2.23. The molecule has 4 heterocycles. The molecule has 2 aromatic heterocycles. The first kappa shape index (κ1) is 22.3. The minimum absolute atomic E-state index is 0. The van der Waals surface area contributed by atoms with E-state index in [0.29, 0.717) is 5.95 Å². The van der Waals surface area contributed by atoms with Crippen molar-refractivity contribution in [3.63, 3.8) is 0 Å². The molecule has 0 radical (unpaired) electrons. The quantitative estimate of drug-likeness (QED) is 0.447. The molecule has 170 valence electrons. The van der Waals surface area contributed by atoms with Crippen LogP contribution in [0.15, 0.2) is 36.8 Å². The van der Waals surface area contributed by atoms with Crippen LogP contribution in [-0.2, 0) is 13.6 Å². The van der Waals surface area contributed by atoms with Gasteiger partial charge in [-0.25, -0.2) is 15.4 Å². The maximum Gasteiger partial charge on any atom is 0.277 e. The van der Waals surface area contributed by atoms with Gasteiger partial charge >= 0.3 is 0 Å². The van der Waals surface area contributed by atoms with E-state index < -0.39 is 5.91 Å². The van der Waals surface area contributed by atoms with Gasteiger partial charge in [-0.1, -0.05) is 0 Å². The molecular weight excluding hydrogens is 432 g/mol. The number of hydroxylamine groups is 1. The van der Waals surface area contributed by atoms with Crippen LogP contribution < -0.4 is 15.1 Å². The van der Waals surface area contributed by atoms with Crippen LogP contribution in [0.2, 0.25) is 0 Å². The van der Waals surface area contributed by atoms with Crippen molar-refractivity contribution in [1.29, 1.82) is 0 Å². The van der Waals surface area contributed by atoms with Crippen molar-refractivity contribution in [1.82, 2.24) is 24.9 Å². The van der Waals surface area contributed by atoms with Gasteiger partial charge in [0.25, 0.3) is 5.91 Å². The zero-order valence-electron chi connectivity index (χ0n) is 18.1. The standard InChI is InChI=1S/C22H26N6O3.ClH/c1-26-10-16(18-4-3-17(31-2)7-19(18)26)11-27-12-22(13-27)5-6-28(14-22)21-23-8-15(9-24-21)20(29)25-30;/h3-4,7-10,30H,5-6,11-14H2,1-2H3,(H,25,29);1H. The normalized spacial score (nSPS) is 17.3. The molecule has 1 aromatic carbocycles. The number of amides is 1. The SMILES string of the molecule is COc1ccc2c(CN3CC4(CCN(c5ncc(C(=O)NO)cn5)C4)C3)cn(C)c2c1.Cl. The summed E-state index contributed by atoms with van der Waals surface area (Å²) in [5.41, 5.74) is 4.64. The van der Waals surface area contributed by atoms with Crippen LogP contribution in [0.1, 0.15) is 22.3 Å². The van der Waals surface area contributed by atoms with Gasteiger partial charge in [0.1, 0.15) is 5.75 Å². The molecule has 0 saturated carbocycles. The van der Waals surface area contributed by atoms with E-state index in [-0.39, 0.29) is 23.4 Å². The first-order valence-electron chi connectivity index (χ1n) is 10.4. The number of carbonyl (C=O) groups excluding carboxylic acids is 1. The predicted molar refractivity (Wildman–Crippen MR) is 123 cm³/mol. The van der Waals surface area contributed by atoms with Gasteiger partial charge in [0.2, 0.25) is 5.95 Å². The minimum atomic E-state index is -0.606. The Kier molecular flexibility index (Phi) is 5.98. The van der Waals surface area contributed by atoms with Crippen LogP contribution in [0.4, 0.5) is 5.95 Å². The lowest BCUT2D eigenvalue weighted by Crippen LogP contribution is -2.56. The average molecular weight is 459 g/mol. The molecule has 0 atom stereocenters. The van der Waals surface area contributed by atoms with Crippen LogP contribution >= 0.6 is 12.4 Å². The van der Waals surface area contributed by atoms with E-state index in [0.717, 1.165) is 44.9 Å². The molecule has 2 aliphatic rings. The highest BCUT2D eigenvalue weighted by molar-refractivity contribution is 5.92. The van der Waals surface area contributed by atoms with Crippen molar-refractivity contribution >= 4 is 35.2 Å². The Bertz CT molecular complexity index is 1130. The number of halogens is 1. The second-order valence-electron chi connectivity index (χ2n) is 8.68. The van der Waals surface area contributed by atoms with Crippen LogP contribution in [0, 0.1) is 5.41 Å². The maximum atomic E-state index is 11.4. The smallest absolute Gasteiger partial charge is 0.277 e. The highest BCUT2D eigenvalue weighted by Crippen LogP contribution is 2.41. The highest BCUT2D eigenvalue weighted by Gasteiger charge is 2.48. The van der Waals surface area contributed by atoms with Crippen LogP contribution in [0.3, 0.4) is 0 Å². The Morgan fingerprint density at radius 3 is 2.69 bits per heavy atom. The lowest BCUT2D eigenvalue weighted by molar-refractivity contribution is 0.0119. The van der Waals surface area contributed by atoms with Crippen molar-refractivity contribution in [3.05, 3.63) is 47.9 Å². The molecule has 3 aromatic rings. The molecule has 2 fully saturated rings. The number of carbonyl (C=O) groups is 1. The summed E-state index contributed by atoms with van der Waals surface area (Å²) < 4.78 is 7.53. The zero-order chi connectivity index (χ0) is 21.6. The van der Waals surface area contributed by atoms with Crippen molar-refractivity contribution in [2.75, 3.05) is 38.2 Å². The van der Waals surface area contributed by atoms with Gasteiger partial charge < -0.3 is 14.2 Å². The number of ether oxygens (including phenoxy) is 1. The Hall–Kier alpha value is -2.88. The lowest BCUT2D eigenvalue weighted by atomic mass is 9.79. The first-order chi connectivity index (χ1) is 15.0. The number of aromatic nitrogens is 3. The van der Waals surface area contributed by atoms with E-state index in [2.05, 4.69) is 49.7 Å². The fraction of sp³-hybridized carbons (Fsp3) is 0.409. The molecule has 0 unspecified atom stereocenters. The zero-order valence-corrected chi connectivity index (χ0v) is 18.9. The summed E-state index contributed by atoms with van der Waals surface area (Å²) in [4.78, 5) is 24.7. The first-order valence-corrected chi connectivity index (χ1v) is 10.4. The van der Waals surface area contributed by atoms with E-state index in [4.69, 9.17) is 9.94 Å². The van der Waals surface area contributed by atoms with Gasteiger partial charge in [0.15, 0.2) is 0 Å². The molecule has 1 amide bonds. The van der Waals surface area contributed by atoms with E-state index >= 15 is 0 Å². The molecule has 2 aliphatic heterocycles. The Morgan fingerprint density at radius 2 is 2.00 bits per heavy atom. The second kappa shape index (κ2) is 8.57. The number of benzene rings is 1. The fourth-order valence-electron chi connectivity index (χ4n) is 4.99. The average Bonchev–Trinajstić information content (AvgIpc) is 3.35. The van der Waals surface area contributed by atoms with E-state index in [1.807, 2.05) is 6.07 Å². The lowest BCUT2D eigenvalue weighted by Gasteiger charge is -2.48. The van der Waals surface area contributed by atoms with E-state index in [9.17, 15) is 4.79 Å². The highest BCUT2D eigenvalue weighted by atomic mass is 35.5. The van der Waals surface area contributed by atoms with Crippen molar-refractivity contribution in [2.45, 2.75) is 13.0 Å². The number of hydrogen-bond acceptors (Lipinski definition) is 7. The molecule has 2 N–H and O–H groups in total. The Morgan fingerprint density at radius 1 is 1.25 bits per heavy atom. The van der Waals surface area contributed by atoms with Crippen LogP contribution in [-0.4, -0.2) is 63.8 Å². The molecule has 10 heteroatoms. The molecule has 0 aliphatic carbocycles. The van der Waals surface area contributed by atoms with E-state index in [1.165, 1.54) is 28.9 Å². The van der Waals surface area contributed by atoms with Crippen molar-refractivity contribution in [3.8, 4) is 5.75 Å². The third kappa shape index (κ3) is 3.87. The van der Waals surface area contributed by atoms with Crippen molar-refractivity contribution < 1.29 is 14.7 Å². The number of nitrogens with zero attached hydrogens (tertiary/aromatic N) is 5. The number of anilines is 1. The summed E-state index contributed by atoms with van der Waals surface area (Å²) in [6.45, 7) is 4.88. The van der Waals surface area contributed by atoms with E-state index in [1.54, 1.807) is 12.6 Å². The largest absolute Gasteiger partial charge is 0.497 e. The van der Waals surface area contributed by atoms with Crippen LogP contribution in [0.5, 0.6) is 5.75 Å². The number of fused-ring (bicyclic) bond motifs is 1. The number of likely N-dealkylation sites (tertiary alicyclic amines) is 1. The monoisotopic (exact) mass is 458 g/mol. The van der Waals surface area contributed by atoms with Gasteiger partial charge in [-0.05, 0) is 24.1 Å². The number of nitrogens with one attached hydrogen (secondary N) is 1. The summed E-state index contributed by atoms with van der Waals surface area (Å²) >= 11 is 0. The van der Waals surface area contributed by atoms with Crippen LogP contribution in [0.25, 0.3) is 10.9 Å². The topological polar surface area (TPSA) is 95.8 Å². The number of methoxy groups -OCH3 is 1. The van der Waals surface area contributed by atoms with Gasteiger partial charge in [-0.15, -0.1) is 12.4 Å². The molecule has 0 bridgehead atoms. The summed E-state index contributed by atoms with van der Waals surface area (Å²) in [7, 11) is 3.77. The van der Waals surface area contributed by atoms with Gasteiger partial charge in [-0.2, -0.15) is 0 Å². The third-order valence-corrected chi connectivity index (χ3v) is 6.52. The van der Waals surface area contributed by atoms with Crippen molar-refractivity contribution in [2.24, 2.45) is 12.5 Å². The number of rotatable bonds is 5. The minimum Gasteiger partial charge on any atom is -0.497 e. The molecule has 1 spiro atoms. The molecule has 32 heavy (non-hydrogen) atoms.